The molecular formula is C16H12Cl3NO2. The van der Waals surface area contributed by atoms with Crippen LogP contribution >= 0.6 is 34.8 Å². The molecule has 6 heteroatoms. The summed E-state index contributed by atoms with van der Waals surface area (Å²) in [6.07, 6.45) is 0. The Morgan fingerprint density at radius 1 is 1.05 bits per heavy atom. The number of hydrogen-bond donors (Lipinski definition) is 0. The number of halogens is 3. The molecule has 2 atom stereocenters. The van der Waals surface area contributed by atoms with Gasteiger partial charge in [0.15, 0.2) is 6.04 Å². The first-order valence-electron chi connectivity index (χ1n) is 6.59. The number of carbonyl (C=O) groups excluding carboxylic acids is 1. The summed E-state index contributed by atoms with van der Waals surface area (Å²) in [7, 11) is 1.37. The molecule has 0 bridgehead atoms. The van der Waals surface area contributed by atoms with E-state index in [1.54, 1.807) is 30.3 Å². The van der Waals surface area contributed by atoms with E-state index in [4.69, 9.17) is 39.5 Å². The van der Waals surface area contributed by atoms with E-state index >= 15 is 0 Å². The fourth-order valence-electron chi connectivity index (χ4n) is 2.58. The number of carbonyl (C=O) groups is 1. The maximum atomic E-state index is 12.0. The number of nitrogens with zero attached hydrogens (tertiary/aromatic N) is 1. The van der Waals surface area contributed by atoms with Crippen molar-refractivity contribution in [2.45, 2.75) is 12.1 Å². The average Bonchev–Trinajstić information content (AvgIpc) is 3.25. The van der Waals surface area contributed by atoms with Gasteiger partial charge in [-0.2, -0.15) is 0 Å². The summed E-state index contributed by atoms with van der Waals surface area (Å²) in [5.74, 6) is -0.309. The monoisotopic (exact) mass is 355 g/mol. The average molecular weight is 357 g/mol. The van der Waals surface area contributed by atoms with Crippen LogP contribution in [0.1, 0.15) is 11.6 Å². The first-order chi connectivity index (χ1) is 10.5. The second-order valence-electron chi connectivity index (χ2n) is 4.97. The van der Waals surface area contributed by atoms with E-state index in [9.17, 15) is 4.79 Å². The zero-order valence-corrected chi connectivity index (χ0v) is 13.9. The van der Waals surface area contributed by atoms with Gasteiger partial charge in [-0.05, 0) is 35.9 Å². The molecule has 1 aliphatic heterocycles. The van der Waals surface area contributed by atoms with Crippen LogP contribution in [0.3, 0.4) is 0 Å². The van der Waals surface area contributed by atoms with Crippen LogP contribution in [-0.2, 0) is 9.53 Å². The molecule has 0 radical (unpaired) electrons. The molecule has 0 saturated carbocycles. The molecular weight excluding hydrogens is 345 g/mol. The highest BCUT2D eigenvalue weighted by Crippen LogP contribution is 2.50. The number of rotatable bonds is 3. The van der Waals surface area contributed by atoms with Crippen molar-refractivity contribution in [3.8, 4) is 0 Å². The molecule has 2 aromatic carbocycles. The summed E-state index contributed by atoms with van der Waals surface area (Å²) in [5, 5.41) is 1.74. The van der Waals surface area contributed by atoms with Crippen molar-refractivity contribution in [2.75, 3.05) is 12.0 Å². The van der Waals surface area contributed by atoms with Gasteiger partial charge in [-0.1, -0.05) is 46.9 Å². The second-order valence-corrected chi connectivity index (χ2v) is 6.25. The van der Waals surface area contributed by atoms with Crippen LogP contribution in [0.15, 0.2) is 42.5 Å². The SMILES string of the molecule is COC(=O)[C@H]1[C@H](c2ccc(Cl)cc2)N1c1cc(Cl)ccc1Cl. The van der Waals surface area contributed by atoms with Crippen molar-refractivity contribution in [3.63, 3.8) is 0 Å². The Morgan fingerprint density at radius 2 is 1.68 bits per heavy atom. The molecule has 2 aromatic rings. The van der Waals surface area contributed by atoms with Gasteiger partial charge in [0.2, 0.25) is 0 Å². The molecule has 3 nitrogen and oxygen atoms in total. The molecule has 22 heavy (non-hydrogen) atoms. The molecule has 0 aromatic heterocycles. The molecule has 1 heterocycles. The predicted octanol–water partition coefficient (Wildman–Crippen LogP) is 4.75. The van der Waals surface area contributed by atoms with Crippen LogP contribution < -0.4 is 4.90 Å². The van der Waals surface area contributed by atoms with Gasteiger partial charge >= 0.3 is 5.97 Å². The van der Waals surface area contributed by atoms with E-state index in [0.29, 0.717) is 20.8 Å². The van der Waals surface area contributed by atoms with Crippen LogP contribution in [-0.4, -0.2) is 19.1 Å². The van der Waals surface area contributed by atoms with Crippen LogP contribution in [0.25, 0.3) is 0 Å². The van der Waals surface area contributed by atoms with Crippen molar-refractivity contribution >= 4 is 46.5 Å². The molecule has 0 N–H and O–H groups in total. The summed E-state index contributed by atoms with van der Waals surface area (Å²) < 4.78 is 4.89. The smallest absolute Gasteiger partial charge is 0.331 e. The van der Waals surface area contributed by atoms with Gasteiger partial charge in [-0.15, -0.1) is 0 Å². The third-order valence-electron chi connectivity index (χ3n) is 3.65. The van der Waals surface area contributed by atoms with Crippen molar-refractivity contribution in [1.82, 2.24) is 0 Å². The molecule has 0 amide bonds. The molecule has 0 aliphatic carbocycles. The topological polar surface area (TPSA) is 29.3 Å². The number of ether oxygens (including phenoxy) is 1. The van der Waals surface area contributed by atoms with Gasteiger partial charge in [-0.25, -0.2) is 4.79 Å². The quantitative estimate of drug-likeness (QED) is 0.587. The third kappa shape index (κ3) is 2.76. The first-order valence-corrected chi connectivity index (χ1v) is 7.73. The van der Waals surface area contributed by atoms with Gasteiger partial charge in [-0.3, -0.25) is 0 Å². The minimum absolute atomic E-state index is 0.138. The lowest BCUT2D eigenvalue weighted by Gasteiger charge is -2.09. The number of anilines is 1. The zero-order valence-electron chi connectivity index (χ0n) is 11.6. The minimum atomic E-state index is -0.415. The fraction of sp³-hybridized carbons (Fsp3) is 0.188. The van der Waals surface area contributed by atoms with Crippen molar-refractivity contribution < 1.29 is 9.53 Å². The summed E-state index contributed by atoms with van der Waals surface area (Å²) in [6.45, 7) is 0. The van der Waals surface area contributed by atoms with Gasteiger partial charge in [0.1, 0.15) is 0 Å². The van der Waals surface area contributed by atoms with Crippen molar-refractivity contribution in [3.05, 3.63) is 63.1 Å². The number of hydrogen-bond acceptors (Lipinski definition) is 3. The Bertz CT molecular complexity index is 718. The Kier molecular flexibility index (Phi) is 4.22. The highest BCUT2D eigenvalue weighted by molar-refractivity contribution is 6.35. The summed E-state index contributed by atoms with van der Waals surface area (Å²) in [5.41, 5.74) is 1.68. The Morgan fingerprint density at radius 3 is 2.32 bits per heavy atom. The lowest BCUT2D eigenvalue weighted by molar-refractivity contribution is -0.139. The van der Waals surface area contributed by atoms with Crippen LogP contribution in [0.5, 0.6) is 0 Å². The minimum Gasteiger partial charge on any atom is -0.467 e. The van der Waals surface area contributed by atoms with Gasteiger partial charge in [0.25, 0.3) is 0 Å². The Balaban J connectivity index is 1.99. The van der Waals surface area contributed by atoms with E-state index < -0.39 is 6.04 Å². The van der Waals surface area contributed by atoms with Gasteiger partial charge in [0.05, 0.1) is 23.9 Å². The standard InChI is InChI=1S/C16H12Cl3NO2/c1-22-16(21)15-14(9-2-4-10(17)5-3-9)20(15)13-8-11(18)6-7-12(13)19/h2-8,14-15H,1H3/t14-,15+,20?/m0/s1. The second kappa shape index (κ2) is 5.99. The molecule has 0 unspecified atom stereocenters. The van der Waals surface area contributed by atoms with E-state index in [-0.39, 0.29) is 12.0 Å². The maximum absolute atomic E-state index is 12.0. The highest BCUT2D eigenvalue weighted by Gasteiger charge is 2.55. The molecule has 0 spiro atoms. The summed E-state index contributed by atoms with van der Waals surface area (Å²) >= 11 is 18.2. The summed E-state index contributed by atoms with van der Waals surface area (Å²) in [4.78, 5) is 13.9. The largest absolute Gasteiger partial charge is 0.467 e. The normalized spacial score (nSPS) is 19.9. The third-order valence-corrected chi connectivity index (χ3v) is 4.46. The molecule has 3 rings (SSSR count). The van der Waals surface area contributed by atoms with E-state index in [1.165, 1.54) is 7.11 Å². The predicted molar refractivity (Wildman–Crippen MR) is 88.9 cm³/mol. The lowest BCUT2D eigenvalue weighted by Crippen LogP contribution is -2.14. The number of methoxy groups -OCH3 is 1. The molecule has 1 saturated heterocycles. The summed E-state index contributed by atoms with van der Waals surface area (Å²) in [6, 6.07) is 12.0. The van der Waals surface area contributed by atoms with Crippen LogP contribution in [0, 0.1) is 0 Å². The van der Waals surface area contributed by atoms with E-state index in [0.717, 1.165) is 5.56 Å². The fourth-order valence-corrected chi connectivity index (χ4v) is 3.09. The number of esters is 1. The zero-order chi connectivity index (χ0) is 15.9. The lowest BCUT2D eigenvalue weighted by atomic mass is 10.1. The number of benzene rings is 2. The Hall–Kier alpha value is -1.42. The van der Waals surface area contributed by atoms with E-state index in [2.05, 4.69) is 0 Å². The molecule has 114 valence electrons. The van der Waals surface area contributed by atoms with Crippen LogP contribution in [0.2, 0.25) is 15.1 Å². The highest BCUT2D eigenvalue weighted by atomic mass is 35.5. The van der Waals surface area contributed by atoms with Crippen molar-refractivity contribution in [1.29, 1.82) is 0 Å². The molecule has 1 fully saturated rings. The maximum Gasteiger partial charge on any atom is 0.331 e. The van der Waals surface area contributed by atoms with Gasteiger partial charge < -0.3 is 9.64 Å². The van der Waals surface area contributed by atoms with Crippen molar-refractivity contribution in [2.24, 2.45) is 0 Å². The Labute approximate surface area is 143 Å². The van der Waals surface area contributed by atoms with Crippen LogP contribution in [0.4, 0.5) is 5.69 Å². The van der Waals surface area contributed by atoms with E-state index in [1.807, 2.05) is 17.0 Å². The molecule has 1 aliphatic rings. The van der Waals surface area contributed by atoms with Gasteiger partial charge in [0, 0.05) is 10.0 Å². The first kappa shape index (κ1) is 15.5.